The second-order valence-corrected chi connectivity index (χ2v) is 4.97. The number of aromatic amines is 1. The molecule has 1 aromatic heterocycles. The summed E-state index contributed by atoms with van der Waals surface area (Å²) in [7, 11) is 4.12. The van der Waals surface area contributed by atoms with Crippen molar-refractivity contribution in [2.45, 2.75) is 6.92 Å². The zero-order valence-corrected chi connectivity index (χ0v) is 11.0. The van der Waals surface area contributed by atoms with Gasteiger partial charge in [0.15, 0.2) is 6.21 Å². The van der Waals surface area contributed by atoms with Crippen molar-refractivity contribution >= 4 is 27.9 Å². The molecule has 0 fully saturated rings. The molecule has 2 aromatic carbocycles. The van der Waals surface area contributed by atoms with Crippen molar-refractivity contribution in [2.75, 3.05) is 14.1 Å². The average Bonchev–Trinajstić information content (AvgIpc) is 2.66. The summed E-state index contributed by atoms with van der Waals surface area (Å²) < 4.78 is 2.09. The summed E-state index contributed by atoms with van der Waals surface area (Å²) in [5, 5.41) is 3.92. The van der Waals surface area contributed by atoms with Crippen LogP contribution in [0.25, 0.3) is 21.7 Å². The van der Waals surface area contributed by atoms with E-state index in [0.29, 0.717) is 0 Å². The molecule has 0 bridgehead atoms. The molecule has 18 heavy (non-hydrogen) atoms. The van der Waals surface area contributed by atoms with Crippen LogP contribution in [0.4, 0.5) is 0 Å². The van der Waals surface area contributed by atoms with Crippen molar-refractivity contribution in [3.05, 3.63) is 47.7 Å². The number of rotatable bonds is 1. The van der Waals surface area contributed by atoms with Gasteiger partial charge < -0.3 is 4.98 Å². The summed E-state index contributed by atoms with van der Waals surface area (Å²) in [6, 6.07) is 12.9. The zero-order chi connectivity index (χ0) is 12.7. The van der Waals surface area contributed by atoms with E-state index in [-0.39, 0.29) is 0 Å². The van der Waals surface area contributed by atoms with Crippen LogP contribution in [0.2, 0.25) is 0 Å². The van der Waals surface area contributed by atoms with Crippen LogP contribution in [-0.4, -0.2) is 29.9 Å². The lowest BCUT2D eigenvalue weighted by molar-refractivity contribution is -0.458. The summed E-state index contributed by atoms with van der Waals surface area (Å²) in [6.45, 7) is 2.13. The molecule has 0 aliphatic heterocycles. The molecule has 0 spiro atoms. The number of nitrogens with zero attached hydrogens (tertiary/aromatic N) is 1. The maximum Gasteiger partial charge on any atom is 0.172 e. The second kappa shape index (κ2) is 3.98. The van der Waals surface area contributed by atoms with E-state index in [1.165, 1.54) is 32.9 Å². The van der Waals surface area contributed by atoms with Crippen LogP contribution in [0.5, 0.6) is 0 Å². The topological polar surface area (TPSA) is 18.8 Å². The van der Waals surface area contributed by atoms with Gasteiger partial charge in [-0.05, 0) is 23.8 Å². The number of benzene rings is 2. The van der Waals surface area contributed by atoms with Gasteiger partial charge in [0.2, 0.25) is 0 Å². The third-order valence-electron chi connectivity index (χ3n) is 3.31. The van der Waals surface area contributed by atoms with Gasteiger partial charge in [0.1, 0.15) is 14.1 Å². The third kappa shape index (κ3) is 1.61. The minimum absolute atomic E-state index is 1.21. The van der Waals surface area contributed by atoms with E-state index in [1.807, 2.05) is 0 Å². The summed E-state index contributed by atoms with van der Waals surface area (Å²) in [5.74, 6) is 0. The van der Waals surface area contributed by atoms with Crippen molar-refractivity contribution in [1.29, 1.82) is 0 Å². The quantitative estimate of drug-likeness (QED) is 0.494. The second-order valence-electron chi connectivity index (χ2n) is 4.97. The van der Waals surface area contributed by atoms with Crippen molar-refractivity contribution in [3.63, 3.8) is 0 Å². The fourth-order valence-electron chi connectivity index (χ4n) is 2.54. The highest BCUT2D eigenvalue weighted by Crippen LogP contribution is 2.29. The Hall–Kier alpha value is -2.09. The Bertz CT molecular complexity index is 759. The molecule has 0 saturated heterocycles. The molecule has 3 aromatic rings. The molecule has 0 saturated carbocycles. The molecular weight excluding hydrogens is 220 g/mol. The van der Waals surface area contributed by atoms with E-state index in [1.54, 1.807) is 0 Å². The number of hydrogen-bond acceptors (Lipinski definition) is 0. The first-order chi connectivity index (χ1) is 8.66. The maximum absolute atomic E-state index is 3.47. The van der Waals surface area contributed by atoms with E-state index >= 15 is 0 Å². The van der Waals surface area contributed by atoms with Gasteiger partial charge >= 0.3 is 0 Å². The van der Waals surface area contributed by atoms with Crippen molar-refractivity contribution < 1.29 is 4.58 Å². The summed E-state index contributed by atoms with van der Waals surface area (Å²) in [6.07, 6.45) is 2.18. The van der Waals surface area contributed by atoms with Gasteiger partial charge in [-0.2, -0.15) is 0 Å². The van der Waals surface area contributed by atoms with Crippen LogP contribution < -0.4 is 0 Å². The van der Waals surface area contributed by atoms with Gasteiger partial charge in [-0.3, -0.25) is 0 Å². The normalized spacial score (nSPS) is 11.1. The minimum atomic E-state index is 1.21. The number of hydrogen-bond donors (Lipinski definition) is 1. The highest BCUT2D eigenvalue weighted by atomic mass is 14.9. The molecule has 90 valence electrons. The Balaban J connectivity index is 2.51. The Morgan fingerprint density at radius 2 is 1.83 bits per heavy atom. The molecule has 0 amide bonds. The van der Waals surface area contributed by atoms with Gasteiger partial charge in [-0.15, -0.1) is 0 Å². The predicted octanol–water partition coefficient (Wildman–Crippen LogP) is 3.32. The smallest absolute Gasteiger partial charge is 0.172 e. The summed E-state index contributed by atoms with van der Waals surface area (Å²) >= 11 is 0. The van der Waals surface area contributed by atoms with Gasteiger partial charge in [0.25, 0.3) is 0 Å². The van der Waals surface area contributed by atoms with Gasteiger partial charge in [-0.1, -0.05) is 30.3 Å². The van der Waals surface area contributed by atoms with Crippen LogP contribution >= 0.6 is 0 Å². The van der Waals surface area contributed by atoms with Crippen LogP contribution in [0.3, 0.4) is 0 Å². The molecular formula is C16H17N2+. The standard InChI is InChI=1S/C16H16N2/c1-11-14(10-18(2)3)16-13-7-5-4-6-12(13)8-9-15(16)17-11/h4-10H,1-3H3/p+1. The van der Waals surface area contributed by atoms with Crippen LogP contribution in [-0.2, 0) is 0 Å². The predicted molar refractivity (Wildman–Crippen MR) is 77.8 cm³/mol. The Morgan fingerprint density at radius 3 is 2.61 bits per heavy atom. The molecule has 0 radical (unpaired) electrons. The first-order valence-corrected chi connectivity index (χ1v) is 6.18. The molecule has 0 aliphatic carbocycles. The van der Waals surface area contributed by atoms with Crippen LogP contribution in [0, 0.1) is 6.92 Å². The lowest BCUT2D eigenvalue weighted by Crippen LogP contribution is -2.00. The highest BCUT2D eigenvalue weighted by molar-refractivity contribution is 6.14. The van der Waals surface area contributed by atoms with E-state index in [4.69, 9.17) is 0 Å². The van der Waals surface area contributed by atoms with Gasteiger partial charge in [-0.25, -0.2) is 4.58 Å². The fourth-order valence-corrected chi connectivity index (χ4v) is 2.54. The molecule has 1 heterocycles. The van der Waals surface area contributed by atoms with Crippen LogP contribution in [0.1, 0.15) is 11.3 Å². The number of aryl methyl sites for hydroxylation is 1. The molecule has 0 atom stereocenters. The molecule has 3 rings (SSSR count). The van der Waals surface area contributed by atoms with Crippen molar-refractivity contribution in [3.8, 4) is 0 Å². The Labute approximate surface area is 107 Å². The largest absolute Gasteiger partial charge is 0.358 e. The summed E-state index contributed by atoms with van der Waals surface area (Å²) in [5.41, 5.74) is 3.71. The van der Waals surface area contributed by atoms with Crippen molar-refractivity contribution in [2.24, 2.45) is 0 Å². The number of H-pyrrole nitrogens is 1. The number of nitrogens with one attached hydrogen (secondary N) is 1. The molecule has 2 heteroatoms. The van der Waals surface area contributed by atoms with Crippen molar-refractivity contribution in [1.82, 2.24) is 4.98 Å². The molecule has 2 nitrogen and oxygen atoms in total. The van der Waals surface area contributed by atoms with Crippen LogP contribution in [0.15, 0.2) is 36.4 Å². The molecule has 1 N–H and O–H groups in total. The lowest BCUT2D eigenvalue weighted by atomic mass is 10.0. The van der Waals surface area contributed by atoms with Gasteiger partial charge in [0, 0.05) is 16.6 Å². The maximum atomic E-state index is 3.47. The van der Waals surface area contributed by atoms with E-state index in [2.05, 4.69) is 73.2 Å². The Kier molecular flexibility index (Phi) is 2.44. The fraction of sp³-hybridized carbons (Fsp3) is 0.188. The molecule has 0 aliphatic rings. The number of fused-ring (bicyclic) bond motifs is 3. The molecule has 0 unspecified atom stereocenters. The first kappa shape index (κ1) is 11.0. The van der Waals surface area contributed by atoms with Gasteiger partial charge in [0.05, 0.1) is 5.56 Å². The lowest BCUT2D eigenvalue weighted by Gasteiger charge is -2.00. The average molecular weight is 237 g/mol. The SMILES string of the molecule is Cc1[nH]c2ccc3ccccc3c2c1C=[N+](C)C. The minimum Gasteiger partial charge on any atom is -0.358 e. The van der Waals surface area contributed by atoms with E-state index in [0.717, 1.165) is 0 Å². The summed E-state index contributed by atoms with van der Waals surface area (Å²) in [4.78, 5) is 3.47. The van der Waals surface area contributed by atoms with E-state index in [9.17, 15) is 0 Å². The number of aromatic nitrogens is 1. The highest BCUT2D eigenvalue weighted by Gasteiger charge is 2.11. The van der Waals surface area contributed by atoms with E-state index < -0.39 is 0 Å². The Morgan fingerprint density at radius 1 is 1.06 bits per heavy atom. The first-order valence-electron chi connectivity index (χ1n) is 6.18. The monoisotopic (exact) mass is 237 g/mol. The zero-order valence-electron chi connectivity index (χ0n) is 11.0. The third-order valence-corrected chi connectivity index (χ3v) is 3.31.